The summed E-state index contributed by atoms with van der Waals surface area (Å²) in [7, 11) is 0. The Morgan fingerprint density at radius 2 is 1.30 bits per heavy atom. The van der Waals surface area contributed by atoms with Gasteiger partial charge in [-0.1, -0.05) is 67.6 Å². The van der Waals surface area contributed by atoms with Crippen LogP contribution in [-0.2, 0) is 16.0 Å². The van der Waals surface area contributed by atoms with Gasteiger partial charge in [0.15, 0.2) is 0 Å². The molecule has 148 valence electrons. The number of rotatable bonds is 2. The molecule has 0 N–H and O–H groups in total. The molecule has 1 fully saturated rings. The Morgan fingerprint density at radius 1 is 0.733 bits per heavy atom. The number of benzene rings is 3. The molecule has 2 amide bonds. The maximum absolute atomic E-state index is 13.8. The number of hydrogen-bond acceptors (Lipinski definition) is 2. The molecular weight excluding hydrogens is 370 g/mol. The van der Waals surface area contributed by atoms with Gasteiger partial charge in [0.2, 0.25) is 11.8 Å². The number of nitrogens with zero attached hydrogens (tertiary/aromatic N) is 1. The number of amides is 2. The van der Waals surface area contributed by atoms with Crippen LogP contribution in [0.25, 0.3) is 0 Å². The Hall–Kier alpha value is -3.20. The largest absolute Gasteiger partial charge is 0.274 e. The highest BCUT2D eigenvalue weighted by Crippen LogP contribution is 2.61. The van der Waals surface area contributed by atoms with E-state index in [1.165, 1.54) is 32.7 Å². The average molecular weight is 393 g/mol. The summed E-state index contributed by atoms with van der Waals surface area (Å²) in [4.78, 5) is 29.0. The highest BCUT2D eigenvalue weighted by molar-refractivity contribution is 6.23. The molecule has 0 radical (unpaired) electrons. The van der Waals surface area contributed by atoms with Crippen LogP contribution < -0.4 is 4.90 Å². The van der Waals surface area contributed by atoms with Crippen LogP contribution >= 0.6 is 0 Å². The average Bonchev–Trinajstić information content (AvgIpc) is 3.04. The first-order valence-corrected chi connectivity index (χ1v) is 10.8. The van der Waals surface area contributed by atoms with Crippen LogP contribution in [0.1, 0.15) is 52.1 Å². The minimum absolute atomic E-state index is 0.0450. The van der Waals surface area contributed by atoms with E-state index in [4.69, 9.17) is 0 Å². The molecule has 3 heteroatoms. The van der Waals surface area contributed by atoms with Gasteiger partial charge in [-0.3, -0.25) is 9.59 Å². The molecule has 0 unspecified atom stereocenters. The van der Waals surface area contributed by atoms with Crippen molar-refractivity contribution in [3.8, 4) is 0 Å². The highest BCUT2D eigenvalue weighted by atomic mass is 16.2. The van der Waals surface area contributed by atoms with Crippen LogP contribution in [0, 0.1) is 18.8 Å². The third kappa shape index (κ3) is 2.10. The van der Waals surface area contributed by atoms with Gasteiger partial charge in [-0.05, 0) is 52.8 Å². The lowest BCUT2D eigenvalue weighted by Gasteiger charge is -2.46. The van der Waals surface area contributed by atoms with E-state index in [0.29, 0.717) is 0 Å². The predicted octanol–water partition coefficient (Wildman–Crippen LogP) is 4.95. The summed E-state index contributed by atoms with van der Waals surface area (Å²) >= 11 is 0. The standard InChI is InChI=1S/C27H23NO2/c1-3-16-12-13-19-20(14-16)23-18-10-6-5-9-17(18)22(19)24-25(23)27(30)28(26(24)29)21-11-7-4-8-15(21)2/h4-14,22-25H,3H2,1-2H3/t22-,23-,24-,25+/m0/s1. The topological polar surface area (TPSA) is 37.4 Å². The van der Waals surface area contributed by atoms with E-state index in [1.807, 2.05) is 31.2 Å². The number of carbonyl (C=O) groups excluding carboxylic acids is 2. The summed E-state index contributed by atoms with van der Waals surface area (Å²) in [5, 5.41) is 0. The molecule has 3 nitrogen and oxygen atoms in total. The fourth-order valence-electron chi connectivity index (χ4n) is 6.05. The molecule has 30 heavy (non-hydrogen) atoms. The minimum atomic E-state index is -0.323. The van der Waals surface area contributed by atoms with Crippen molar-refractivity contribution in [2.24, 2.45) is 11.8 Å². The predicted molar refractivity (Wildman–Crippen MR) is 117 cm³/mol. The second-order valence-electron chi connectivity index (χ2n) is 8.75. The van der Waals surface area contributed by atoms with Crippen molar-refractivity contribution in [1.82, 2.24) is 0 Å². The summed E-state index contributed by atoms with van der Waals surface area (Å²) in [6, 6.07) is 22.7. The Morgan fingerprint density at radius 3 is 1.93 bits per heavy atom. The Kier molecular flexibility index (Phi) is 3.62. The summed E-state index contributed by atoms with van der Waals surface area (Å²) in [5.74, 6) is -0.843. The first-order chi connectivity index (χ1) is 14.6. The van der Waals surface area contributed by atoms with E-state index in [9.17, 15) is 9.59 Å². The SMILES string of the molecule is CCc1ccc2c(c1)[C@@H]1c3ccccc3[C@@H]2[C@@H]2C(=O)N(c3ccccc3C)C(=O)[C@H]12. The number of para-hydroxylation sites is 1. The Bertz CT molecular complexity index is 1230. The van der Waals surface area contributed by atoms with Gasteiger partial charge >= 0.3 is 0 Å². The quantitative estimate of drug-likeness (QED) is 0.578. The van der Waals surface area contributed by atoms with Gasteiger partial charge in [0.25, 0.3) is 0 Å². The molecule has 2 bridgehead atoms. The molecule has 7 rings (SSSR count). The summed E-state index contributed by atoms with van der Waals surface area (Å²) in [5.41, 5.74) is 7.86. The number of anilines is 1. The molecule has 1 saturated heterocycles. The van der Waals surface area contributed by atoms with Gasteiger partial charge in [0, 0.05) is 11.8 Å². The van der Waals surface area contributed by atoms with Crippen LogP contribution in [0.4, 0.5) is 5.69 Å². The van der Waals surface area contributed by atoms with Crippen LogP contribution in [0.3, 0.4) is 0 Å². The van der Waals surface area contributed by atoms with Crippen LogP contribution in [0.2, 0.25) is 0 Å². The van der Waals surface area contributed by atoms with E-state index in [0.717, 1.165) is 17.7 Å². The second-order valence-corrected chi connectivity index (χ2v) is 8.75. The van der Waals surface area contributed by atoms with E-state index in [1.54, 1.807) is 0 Å². The molecule has 1 aliphatic heterocycles. The zero-order valence-electron chi connectivity index (χ0n) is 17.1. The Balaban J connectivity index is 1.58. The summed E-state index contributed by atoms with van der Waals surface area (Å²) < 4.78 is 0. The molecule has 0 saturated carbocycles. The first kappa shape index (κ1) is 17.6. The maximum Gasteiger partial charge on any atom is 0.238 e. The van der Waals surface area contributed by atoms with Gasteiger partial charge in [0.05, 0.1) is 17.5 Å². The fraction of sp³-hybridized carbons (Fsp3) is 0.259. The lowest BCUT2D eigenvalue weighted by Crippen LogP contribution is -2.41. The van der Waals surface area contributed by atoms with Crippen molar-refractivity contribution in [3.63, 3.8) is 0 Å². The monoisotopic (exact) mass is 393 g/mol. The molecule has 1 heterocycles. The smallest absolute Gasteiger partial charge is 0.238 e. The zero-order chi connectivity index (χ0) is 20.6. The van der Waals surface area contributed by atoms with E-state index in [-0.39, 0.29) is 35.5 Å². The van der Waals surface area contributed by atoms with Gasteiger partial charge < -0.3 is 0 Å². The van der Waals surface area contributed by atoms with Crippen molar-refractivity contribution >= 4 is 17.5 Å². The number of carbonyl (C=O) groups is 2. The lowest BCUT2D eigenvalue weighted by molar-refractivity contribution is -0.122. The van der Waals surface area contributed by atoms with Crippen LogP contribution in [-0.4, -0.2) is 11.8 Å². The van der Waals surface area contributed by atoms with Crippen molar-refractivity contribution in [2.75, 3.05) is 4.90 Å². The van der Waals surface area contributed by atoms with Gasteiger partial charge in [-0.25, -0.2) is 4.90 Å². The van der Waals surface area contributed by atoms with Crippen LogP contribution in [0.15, 0.2) is 66.7 Å². The maximum atomic E-state index is 13.8. The highest BCUT2D eigenvalue weighted by Gasteiger charge is 2.61. The minimum Gasteiger partial charge on any atom is -0.274 e. The molecule has 0 aromatic heterocycles. The third-order valence-corrected chi connectivity index (χ3v) is 7.37. The molecule has 4 aliphatic rings. The van der Waals surface area contributed by atoms with Crippen molar-refractivity contribution in [1.29, 1.82) is 0 Å². The van der Waals surface area contributed by atoms with E-state index < -0.39 is 0 Å². The first-order valence-electron chi connectivity index (χ1n) is 10.8. The number of aryl methyl sites for hydroxylation is 2. The number of hydrogen-bond donors (Lipinski definition) is 0. The molecule has 3 aromatic rings. The Labute approximate surface area is 176 Å². The third-order valence-electron chi connectivity index (χ3n) is 7.37. The molecule has 3 aliphatic carbocycles. The molecular formula is C27H23NO2. The second kappa shape index (κ2) is 6.15. The van der Waals surface area contributed by atoms with Crippen LogP contribution in [0.5, 0.6) is 0 Å². The van der Waals surface area contributed by atoms with Gasteiger partial charge in [-0.2, -0.15) is 0 Å². The molecule has 3 aromatic carbocycles. The van der Waals surface area contributed by atoms with E-state index in [2.05, 4.69) is 49.4 Å². The lowest BCUT2D eigenvalue weighted by atomic mass is 9.55. The number of imide groups is 1. The molecule has 4 atom stereocenters. The fourth-order valence-corrected chi connectivity index (χ4v) is 6.05. The van der Waals surface area contributed by atoms with Crippen molar-refractivity contribution in [3.05, 3.63) is 100 Å². The van der Waals surface area contributed by atoms with Crippen molar-refractivity contribution < 1.29 is 9.59 Å². The van der Waals surface area contributed by atoms with Gasteiger partial charge in [-0.15, -0.1) is 0 Å². The summed E-state index contributed by atoms with van der Waals surface area (Å²) in [6.45, 7) is 4.12. The van der Waals surface area contributed by atoms with Gasteiger partial charge in [0.1, 0.15) is 0 Å². The van der Waals surface area contributed by atoms with Crippen molar-refractivity contribution in [2.45, 2.75) is 32.1 Å². The summed E-state index contributed by atoms with van der Waals surface area (Å²) in [6.07, 6.45) is 0.961. The zero-order valence-corrected chi connectivity index (χ0v) is 17.1. The molecule has 0 spiro atoms. The van der Waals surface area contributed by atoms with E-state index >= 15 is 0 Å². The normalized spacial score (nSPS) is 25.9.